The standard InChI is InChI=1S/C11H14ClNO.ClH/c12-8-4-5-10(14)9(6-8)11(13)7-2-1-3-7;/h4-7,11,14H,1-3,13H2;1H/t11-;/m1./s1. The number of halogens is 2. The van der Waals surface area contributed by atoms with Crippen LogP contribution in [-0.2, 0) is 0 Å². The molecule has 1 aromatic carbocycles. The van der Waals surface area contributed by atoms with Crippen molar-refractivity contribution in [2.24, 2.45) is 11.7 Å². The molecule has 0 aromatic heterocycles. The summed E-state index contributed by atoms with van der Waals surface area (Å²) in [5, 5.41) is 10.3. The van der Waals surface area contributed by atoms with Gasteiger partial charge in [0.15, 0.2) is 0 Å². The molecule has 0 spiro atoms. The first-order valence-electron chi connectivity index (χ1n) is 4.92. The van der Waals surface area contributed by atoms with Crippen molar-refractivity contribution in [2.45, 2.75) is 25.3 Å². The molecule has 1 atom stereocenters. The summed E-state index contributed by atoms with van der Waals surface area (Å²) in [6, 6.07) is 4.98. The van der Waals surface area contributed by atoms with Crippen LogP contribution < -0.4 is 5.73 Å². The van der Waals surface area contributed by atoms with Gasteiger partial charge in [-0.15, -0.1) is 12.4 Å². The average Bonchev–Trinajstić information content (AvgIpc) is 2.06. The van der Waals surface area contributed by atoms with Gasteiger partial charge in [0.05, 0.1) is 0 Å². The normalized spacial score (nSPS) is 17.7. The summed E-state index contributed by atoms with van der Waals surface area (Å²) in [4.78, 5) is 0. The van der Waals surface area contributed by atoms with E-state index >= 15 is 0 Å². The van der Waals surface area contributed by atoms with Gasteiger partial charge >= 0.3 is 0 Å². The number of aromatic hydroxyl groups is 1. The maximum Gasteiger partial charge on any atom is 0.120 e. The molecule has 1 fully saturated rings. The molecule has 0 aliphatic heterocycles. The molecule has 1 saturated carbocycles. The van der Waals surface area contributed by atoms with E-state index in [1.807, 2.05) is 0 Å². The van der Waals surface area contributed by atoms with E-state index in [1.165, 1.54) is 6.42 Å². The van der Waals surface area contributed by atoms with Crippen LogP contribution in [-0.4, -0.2) is 5.11 Å². The minimum atomic E-state index is -0.0672. The van der Waals surface area contributed by atoms with Crippen molar-refractivity contribution in [1.29, 1.82) is 0 Å². The van der Waals surface area contributed by atoms with Crippen LogP contribution in [0.25, 0.3) is 0 Å². The Morgan fingerprint density at radius 3 is 2.60 bits per heavy atom. The maximum absolute atomic E-state index is 9.64. The predicted octanol–water partition coefficient (Wildman–Crippen LogP) is 3.27. The van der Waals surface area contributed by atoms with Crippen molar-refractivity contribution >= 4 is 24.0 Å². The summed E-state index contributed by atoms with van der Waals surface area (Å²) < 4.78 is 0. The van der Waals surface area contributed by atoms with Gasteiger partial charge in [0.1, 0.15) is 5.75 Å². The van der Waals surface area contributed by atoms with Crippen molar-refractivity contribution < 1.29 is 5.11 Å². The molecule has 84 valence electrons. The number of nitrogens with two attached hydrogens (primary N) is 1. The zero-order chi connectivity index (χ0) is 10.1. The monoisotopic (exact) mass is 247 g/mol. The lowest BCUT2D eigenvalue weighted by molar-refractivity contribution is 0.260. The quantitative estimate of drug-likeness (QED) is 0.843. The Morgan fingerprint density at radius 2 is 2.07 bits per heavy atom. The molecule has 3 N–H and O–H groups in total. The van der Waals surface area contributed by atoms with Crippen molar-refractivity contribution in [3.63, 3.8) is 0 Å². The Labute approximate surface area is 101 Å². The zero-order valence-corrected chi connectivity index (χ0v) is 9.89. The lowest BCUT2D eigenvalue weighted by Gasteiger charge is -2.31. The zero-order valence-electron chi connectivity index (χ0n) is 8.32. The van der Waals surface area contributed by atoms with Crippen molar-refractivity contribution in [3.05, 3.63) is 28.8 Å². The first-order chi connectivity index (χ1) is 6.68. The summed E-state index contributed by atoms with van der Waals surface area (Å²) in [5.41, 5.74) is 6.83. The summed E-state index contributed by atoms with van der Waals surface area (Å²) in [7, 11) is 0. The number of phenols is 1. The predicted molar refractivity (Wildman–Crippen MR) is 64.6 cm³/mol. The Balaban J connectivity index is 0.00000112. The fourth-order valence-electron chi connectivity index (χ4n) is 1.85. The van der Waals surface area contributed by atoms with Crippen LogP contribution in [0.2, 0.25) is 5.02 Å². The van der Waals surface area contributed by atoms with Crippen LogP contribution in [0.15, 0.2) is 18.2 Å². The Hall–Kier alpha value is -0.440. The third-order valence-electron chi connectivity index (χ3n) is 3.01. The second-order valence-corrected chi connectivity index (χ2v) is 4.36. The number of hydrogen-bond acceptors (Lipinski definition) is 2. The third-order valence-corrected chi connectivity index (χ3v) is 3.24. The Kier molecular flexibility index (Phi) is 4.26. The second kappa shape index (κ2) is 5.06. The van der Waals surface area contributed by atoms with E-state index in [9.17, 15) is 5.11 Å². The van der Waals surface area contributed by atoms with Crippen LogP contribution in [0.4, 0.5) is 0 Å². The molecule has 4 heteroatoms. The van der Waals surface area contributed by atoms with Gasteiger partial charge < -0.3 is 10.8 Å². The second-order valence-electron chi connectivity index (χ2n) is 3.92. The fraction of sp³-hybridized carbons (Fsp3) is 0.455. The van der Waals surface area contributed by atoms with Crippen LogP contribution in [0.3, 0.4) is 0 Å². The van der Waals surface area contributed by atoms with Gasteiger partial charge in [0.2, 0.25) is 0 Å². The first-order valence-corrected chi connectivity index (χ1v) is 5.30. The van der Waals surface area contributed by atoms with Crippen LogP contribution >= 0.6 is 24.0 Å². The molecule has 0 unspecified atom stereocenters. The molecule has 0 heterocycles. The number of phenolic OH excluding ortho intramolecular Hbond substituents is 1. The molecule has 0 saturated heterocycles. The van der Waals surface area contributed by atoms with Crippen LogP contribution in [0, 0.1) is 5.92 Å². The first kappa shape index (κ1) is 12.6. The molecule has 0 bridgehead atoms. The molecule has 1 aromatic rings. The van der Waals surface area contributed by atoms with Gasteiger partial charge in [-0.2, -0.15) is 0 Å². The Bertz CT molecular complexity index is 339. The molecule has 2 rings (SSSR count). The van der Waals surface area contributed by atoms with E-state index in [1.54, 1.807) is 18.2 Å². The molecule has 0 amide bonds. The van der Waals surface area contributed by atoms with Gasteiger partial charge in [0.25, 0.3) is 0 Å². The highest BCUT2D eigenvalue weighted by Crippen LogP contribution is 2.39. The smallest absolute Gasteiger partial charge is 0.120 e. The molecular formula is C11H15Cl2NO. The molecule has 0 radical (unpaired) electrons. The summed E-state index contributed by atoms with van der Waals surface area (Å²) in [6.45, 7) is 0. The topological polar surface area (TPSA) is 46.2 Å². The largest absolute Gasteiger partial charge is 0.508 e. The van der Waals surface area contributed by atoms with E-state index in [2.05, 4.69) is 0 Å². The molecule has 2 nitrogen and oxygen atoms in total. The van der Waals surface area contributed by atoms with Gasteiger partial charge in [-0.25, -0.2) is 0 Å². The van der Waals surface area contributed by atoms with E-state index in [-0.39, 0.29) is 24.2 Å². The fourth-order valence-corrected chi connectivity index (χ4v) is 2.03. The van der Waals surface area contributed by atoms with Crippen LogP contribution in [0.1, 0.15) is 30.9 Å². The van der Waals surface area contributed by atoms with Gasteiger partial charge in [0, 0.05) is 16.6 Å². The van der Waals surface area contributed by atoms with Crippen molar-refractivity contribution in [1.82, 2.24) is 0 Å². The minimum absolute atomic E-state index is 0. The molecular weight excluding hydrogens is 233 g/mol. The highest BCUT2D eigenvalue weighted by molar-refractivity contribution is 6.30. The van der Waals surface area contributed by atoms with Crippen molar-refractivity contribution in [2.75, 3.05) is 0 Å². The lowest BCUT2D eigenvalue weighted by Crippen LogP contribution is -2.26. The van der Waals surface area contributed by atoms with Crippen LogP contribution in [0.5, 0.6) is 5.75 Å². The highest BCUT2D eigenvalue weighted by atomic mass is 35.5. The molecule has 1 aliphatic carbocycles. The lowest BCUT2D eigenvalue weighted by atomic mass is 9.77. The summed E-state index contributed by atoms with van der Waals surface area (Å²) in [5.74, 6) is 0.771. The third kappa shape index (κ3) is 2.57. The Morgan fingerprint density at radius 1 is 1.40 bits per heavy atom. The minimum Gasteiger partial charge on any atom is -0.508 e. The highest BCUT2D eigenvalue weighted by Gasteiger charge is 2.27. The number of benzene rings is 1. The average molecular weight is 248 g/mol. The molecule has 1 aliphatic rings. The summed E-state index contributed by atoms with van der Waals surface area (Å²) >= 11 is 5.86. The van der Waals surface area contributed by atoms with Gasteiger partial charge in [-0.3, -0.25) is 0 Å². The number of hydrogen-bond donors (Lipinski definition) is 2. The van der Waals surface area contributed by atoms with E-state index in [4.69, 9.17) is 17.3 Å². The van der Waals surface area contributed by atoms with Crippen molar-refractivity contribution in [3.8, 4) is 5.75 Å². The van der Waals surface area contributed by atoms with E-state index in [0.717, 1.165) is 18.4 Å². The molecule has 15 heavy (non-hydrogen) atoms. The summed E-state index contributed by atoms with van der Waals surface area (Å²) in [6.07, 6.45) is 3.57. The SMILES string of the molecule is Cl.N[C@@H](c1cc(Cl)ccc1O)C1CCC1. The maximum atomic E-state index is 9.64. The van der Waals surface area contributed by atoms with E-state index < -0.39 is 0 Å². The van der Waals surface area contributed by atoms with Gasteiger partial charge in [-0.05, 0) is 37.0 Å². The van der Waals surface area contributed by atoms with Gasteiger partial charge in [-0.1, -0.05) is 18.0 Å². The van der Waals surface area contributed by atoms with E-state index in [0.29, 0.717) is 10.9 Å². The number of rotatable bonds is 2.